The Kier molecular flexibility index (Phi) is 6.72. The van der Waals surface area contributed by atoms with Crippen LogP contribution < -0.4 is 10.2 Å². The van der Waals surface area contributed by atoms with Crippen LogP contribution in [0.5, 0.6) is 0 Å². The standard InChI is InChI=1S/C24H28ClN3.ClH/c1-24(2,3)27-19-12-14-28(15-13-19)23-16-22(17-8-10-18(25)11-9-17)26-21-7-5-4-6-20(21)23;/h4-11,16,19,27H,12-15H2,1-3H3;1H. The lowest BCUT2D eigenvalue weighted by Crippen LogP contribution is -2.49. The van der Waals surface area contributed by atoms with Gasteiger partial charge in [-0.3, -0.25) is 0 Å². The molecule has 0 unspecified atom stereocenters. The number of hydrogen-bond donors (Lipinski definition) is 1. The number of pyridine rings is 1. The van der Waals surface area contributed by atoms with Crippen LogP contribution in [-0.4, -0.2) is 29.7 Å². The molecule has 2 heterocycles. The van der Waals surface area contributed by atoms with Gasteiger partial charge in [0.1, 0.15) is 0 Å². The highest BCUT2D eigenvalue weighted by Crippen LogP contribution is 2.33. The molecule has 2 aromatic carbocycles. The number of halogens is 2. The molecule has 1 aliphatic heterocycles. The minimum atomic E-state index is 0. The zero-order chi connectivity index (χ0) is 19.7. The van der Waals surface area contributed by atoms with E-state index in [0.717, 1.165) is 47.7 Å². The van der Waals surface area contributed by atoms with E-state index in [4.69, 9.17) is 16.6 Å². The molecule has 1 aromatic heterocycles. The number of anilines is 1. The molecule has 0 radical (unpaired) electrons. The summed E-state index contributed by atoms with van der Waals surface area (Å²) in [5, 5.41) is 5.73. The molecule has 4 rings (SSSR count). The van der Waals surface area contributed by atoms with Crippen molar-refractivity contribution in [3.8, 4) is 11.3 Å². The van der Waals surface area contributed by atoms with Crippen LogP contribution in [0.25, 0.3) is 22.2 Å². The molecule has 0 aliphatic carbocycles. The second kappa shape index (κ2) is 8.91. The van der Waals surface area contributed by atoms with Crippen molar-refractivity contribution >= 4 is 40.6 Å². The summed E-state index contributed by atoms with van der Waals surface area (Å²) in [6.45, 7) is 8.85. The van der Waals surface area contributed by atoms with Crippen LogP contribution >= 0.6 is 24.0 Å². The van der Waals surface area contributed by atoms with Crippen molar-refractivity contribution in [3.63, 3.8) is 0 Å². The number of nitrogens with one attached hydrogen (secondary N) is 1. The average Bonchev–Trinajstić information content (AvgIpc) is 2.67. The van der Waals surface area contributed by atoms with Crippen molar-refractivity contribution in [1.82, 2.24) is 10.3 Å². The van der Waals surface area contributed by atoms with Gasteiger partial charge in [-0.1, -0.05) is 41.9 Å². The Morgan fingerprint density at radius 2 is 1.66 bits per heavy atom. The summed E-state index contributed by atoms with van der Waals surface area (Å²) in [5.74, 6) is 0. The predicted octanol–water partition coefficient (Wildman–Crippen LogP) is 6.33. The molecule has 3 nitrogen and oxygen atoms in total. The van der Waals surface area contributed by atoms with Gasteiger partial charge in [-0.15, -0.1) is 12.4 Å². The summed E-state index contributed by atoms with van der Waals surface area (Å²) in [7, 11) is 0. The molecule has 1 saturated heterocycles. The zero-order valence-corrected chi connectivity index (χ0v) is 18.9. The SMILES string of the molecule is CC(C)(C)NC1CCN(c2cc(-c3ccc(Cl)cc3)nc3ccccc23)CC1.Cl. The van der Waals surface area contributed by atoms with Gasteiger partial charge in [0.15, 0.2) is 0 Å². The summed E-state index contributed by atoms with van der Waals surface area (Å²) >= 11 is 6.07. The van der Waals surface area contributed by atoms with Crippen LogP contribution in [0.4, 0.5) is 5.69 Å². The number of benzene rings is 2. The van der Waals surface area contributed by atoms with E-state index in [0.29, 0.717) is 6.04 Å². The Labute approximate surface area is 184 Å². The van der Waals surface area contributed by atoms with Crippen molar-refractivity contribution in [2.24, 2.45) is 0 Å². The molecule has 0 bridgehead atoms. The lowest BCUT2D eigenvalue weighted by atomic mass is 9.98. The number of hydrogen-bond acceptors (Lipinski definition) is 3. The van der Waals surface area contributed by atoms with Gasteiger partial charge in [0.05, 0.1) is 11.2 Å². The van der Waals surface area contributed by atoms with Crippen LogP contribution in [0.3, 0.4) is 0 Å². The van der Waals surface area contributed by atoms with E-state index in [1.54, 1.807) is 0 Å². The number of piperidine rings is 1. The molecule has 0 atom stereocenters. The fraction of sp³-hybridized carbons (Fsp3) is 0.375. The number of rotatable bonds is 3. The summed E-state index contributed by atoms with van der Waals surface area (Å²) in [6.07, 6.45) is 2.31. The first-order valence-corrected chi connectivity index (χ1v) is 10.5. The van der Waals surface area contributed by atoms with Crippen LogP contribution in [0, 0.1) is 0 Å². The van der Waals surface area contributed by atoms with E-state index >= 15 is 0 Å². The highest BCUT2D eigenvalue weighted by atomic mass is 35.5. The molecule has 29 heavy (non-hydrogen) atoms. The molecule has 1 N–H and O–H groups in total. The van der Waals surface area contributed by atoms with Gasteiger partial charge in [0, 0.05) is 46.3 Å². The Morgan fingerprint density at radius 3 is 2.31 bits per heavy atom. The lowest BCUT2D eigenvalue weighted by Gasteiger charge is -2.37. The highest BCUT2D eigenvalue weighted by Gasteiger charge is 2.24. The van der Waals surface area contributed by atoms with Gasteiger partial charge >= 0.3 is 0 Å². The summed E-state index contributed by atoms with van der Waals surface area (Å²) in [6, 6.07) is 19.2. The van der Waals surface area contributed by atoms with E-state index < -0.39 is 0 Å². The largest absolute Gasteiger partial charge is 0.371 e. The maximum Gasteiger partial charge on any atom is 0.0730 e. The number of fused-ring (bicyclic) bond motifs is 1. The molecule has 0 amide bonds. The molecule has 0 spiro atoms. The molecule has 3 aromatic rings. The minimum Gasteiger partial charge on any atom is -0.371 e. The van der Waals surface area contributed by atoms with Gasteiger partial charge in [0.2, 0.25) is 0 Å². The number of nitrogens with zero attached hydrogens (tertiary/aromatic N) is 2. The minimum absolute atomic E-state index is 0. The maximum absolute atomic E-state index is 6.07. The summed E-state index contributed by atoms with van der Waals surface area (Å²) < 4.78 is 0. The van der Waals surface area contributed by atoms with E-state index in [1.165, 1.54) is 11.1 Å². The number of aromatic nitrogens is 1. The molecule has 5 heteroatoms. The predicted molar refractivity (Wildman–Crippen MR) is 128 cm³/mol. The molecule has 1 aliphatic rings. The van der Waals surface area contributed by atoms with E-state index in [-0.39, 0.29) is 17.9 Å². The Hall–Kier alpha value is -1.81. The van der Waals surface area contributed by atoms with E-state index in [9.17, 15) is 0 Å². The van der Waals surface area contributed by atoms with Crippen molar-refractivity contribution in [1.29, 1.82) is 0 Å². The van der Waals surface area contributed by atoms with Crippen LogP contribution in [0.2, 0.25) is 5.02 Å². The fourth-order valence-corrected chi connectivity index (χ4v) is 4.19. The smallest absolute Gasteiger partial charge is 0.0730 e. The Morgan fingerprint density at radius 1 is 1.00 bits per heavy atom. The molecule has 1 fully saturated rings. The molecular weight excluding hydrogens is 401 g/mol. The summed E-state index contributed by atoms with van der Waals surface area (Å²) in [5.41, 5.74) is 4.59. The fourth-order valence-electron chi connectivity index (χ4n) is 4.06. The van der Waals surface area contributed by atoms with E-state index in [1.807, 2.05) is 24.3 Å². The lowest BCUT2D eigenvalue weighted by molar-refractivity contribution is 0.317. The highest BCUT2D eigenvalue weighted by molar-refractivity contribution is 6.30. The van der Waals surface area contributed by atoms with Crippen LogP contribution in [0.15, 0.2) is 54.6 Å². The van der Waals surface area contributed by atoms with Gasteiger partial charge in [0.25, 0.3) is 0 Å². The monoisotopic (exact) mass is 429 g/mol. The van der Waals surface area contributed by atoms with Crippen molar-refractivity contribution in [3.05, 3.63) is 59.6 Å². The van der Waals surface area contributed by atoms with Crippen LogP contribution in [0.1, 0.15) is 33.6 Å². The van der Waals surface area contributed by atoms with Crippen molar-refractivity contribution in [2.45, 2.75) is 45.2 Å². The first-order valence-electron chi connectivity index (χ1n) is 10.1. The molecular formula is C24H29Cl2N3. The Bertz CT molecular complexity index is 956. The normalized spacial score (nSPS) is 15.4. The average molecular weight is 430 g/mol. The summed E-state index contributed by atoms with van der Waals surface area (Å²) in [4.78, 5) is 7.43. The first-order chi connectivity index (χ1) is 13.4. The van der Waals surface area contributed by atoms with Crippen LogP contribution in [-0.2, 0) is 0 Å². The quantitative estimate of drug-likeness (QED) is 0.526. The second-order valence-electron chi connectivity index (χ2n) is 8.71. The Balaban J connectivity index is 0.00000240. The van der Waals surface area contributed by atoms with E-state index in [2.05, 4.69) is 61.3 Å². The first kappa shape index (κ1) is 21.9. The van der Waals surface area contributed by atoms with Gasteiger partial charge in [-0.2, -0.15) is 0 Å². The second-order valence-corrected chi connectivity index (χ2v) is 9.14. The van der Waals surface area contributed by atoms with Gasteiger partial charge in [-0.25, -0.2) is 4.98 Å². The third-order valence-electron chi connectivity index (χ3n) is 5.31. The van der Waals surface area contributed by atoms with Gasteiger partial charge in [-0.05, 0) is 57.9 Å². The third-order valence-corrected chi connectivity index (χ3v) is 5.56. The van der Waals surface area contributed by atoms with Crippen molar-refractivity contribution < 1.29 is 0 Å². The van der Waals surface area contributed by atoms with Crippen molar-refractivity contribution in [2.75, 3.05) is 18.0 Å². The number of para-hydroxylation sites is 1. The topological polar surface area (TPSA) is 28.2 Å². The van der Waals surface area contributed by atoms with Gasteiger partial charge < -0.3 is 10.2 Å². The third kappa shape index (κ3) is 5.22. The molecule has 154 valence electrons. The zero-order valence-electron chi connectivity index (χ0n) is 17.3. The molecule has 0 saturated carbocycles. The maximum atomic E-state index is 6.07.